The number of thiophene rings is 1. The van der Waals surface area contributed by atoms with Crippen molar-refractivity contribution in [2.45, 2.75) is 44.9 Å². The quantitative estimate of drug-likeness (QED) is 0.866. The zero-order valence-corrected chi connectivity index (χ0v) is 13.9. The molecule has 1 aromatic rings. The normalized spacial score (nSPS) is 23.9. The molecule has 0 saturated carbocycles. The van der Waals surface area contributed by atoms with Crippen LogP contribution < -0.4 is 0 Å². The van der Waals surface area contributed by atoms with Crippen LogP contribution in [0.1, 0.15) is 36.6 Å². The largest absolute Gasteiger partial charge is 0.392 e. The van der Waals surface area contributed by atoms with Crippen LogP contribution in [0.2, 0.25) is 0 Å². The Kier molecular flexibility index (Phi) is 4.96. The molecule has 3 heterocycles. The van der Waals surface area contributed by atoms with Crippen molar-refractivity contribution in [3.05, 3.63) is 28.0 Å². The van der Waals surface area contributed by atoms with Crippen LogP contribution >= 0.6 is 11.3 Å². The first kappa shape index (κ1) is 15.7. The van der Waals surface area contributed by atoms with Crippen LogP contribution in [-0.2, 0) is 11.4 Å². The van der Waals surface area contributed by atoms with E-state index < -0.39 is 0 Å². The van der Waals surface area contributed by atoms with Crippen molar-refractivity contribution in [1.82, 2.24) is 9.80 Å². The lowest BCUT2D eigenvalue weighted by molar-refractivity contribution is -0.134. The predicted molar refractivity (Wildman–Crippen MR) is 89.7 cm³/mol. The minimum atomic E-state index is 0.0557. The third-order valence-electron chi connectivity index (χ3n) is 4.74. The van der Waals surface area contributed by atoms with Crippen molar-refractivity contribution in [2.24, 2.45) is 0 Å². The van der Waals surface area contributed by atoms with Crippen LogP contribution in [0.25, 0.3) is 6.08 Å². The van der Waals surface area contributed by atoms with Crippen molar-refractivity contribution in [3.8, 4) is 0 Å². The van der Waals surface area contributed by atoms with Gasteiger partial charge in [-0.2, -0.15) is 0 Å². The van der Waals surface area contributed by atoms with Crippen LogP contribution in [-0.4, -0.2) is 52.5 Å². The molecule has 1 N–H and O–H groups in total. The second-order valence-corrected chi connectivity index (χ2v) is 7.27. The first-order chi connectivity index (χ1) is 10.7. The molecule has 4 nitrogen and oxygen atoms in total. The van der Waals surface area contributed by atoms with E-state index in [0.29, 0.717) is 12.1 Å². The van der Waals surface area contributed by atoms with E-state index in [-0.39, 0.29) is 12.5 Å². The monoisotopic (exact) mass is 320 g/mol. The second kappa shape index (κ2) is 6.94. The molecular formula is C17H24N2O2S. The Balaban J connectivity index is 1.48. The van der Waals surface area contributed by atoms with Gasteiger partial charge in [0.25, 0.3) is 0 Å². The zero-order valence-electron chi connectivity index (χ0n) is 13.1. The summed E-state index contributed by atoms with van der Waals surface area (Å²) in [4.78, 5) is 17.7. The number of piperidine rings is 1. The lowest BCUT2D eigenvalue weighted by Gasteiger charge is -2.49. The van der Waals surface area contributed by atoms with Crippen molar-refractivity contribution < 1.29 is 9.90 Å². The molecular weight excluding hydrogens is 296 g/mol. The molecule has 1 atom stereocenters. The maximum Gasteiger partial charge on any atom is 0.246 e. The van der Waals surface area contributed by atoms with Gasteiger partial charge in [-0.25, -0.2) is 0 Å². The molecule has 22 heavy (non-hydrogen) atoms. The summed E-state index contributed by atoms with van der Waals surface area (Å²) in [6, 6.07) is 3.13. The first-order valence-corrected chi connectivity index (χ1v) is 8.96. The fourth-order valence-corrected chi connectivity index (χ4v) is 4.13. The van der Waals surface area contributed by atoms with Crippen LogP contribution in [0.15, 0.2) is 17.5 Å². The van der Waals surface area contributed by atoms with Crippen LogP contribution in [0.3, 0.4) is 0 Å². The number of amides is 1. The highest BCUT2D eigenvalue weighted by atomic mass is 32.1. The average molecular weight is 320 g/mol. The molecule has 0 aliphatic carbocycles. The van der Waals surface area contributed by atoms with Gasteiger partial charge in [0.15, 0.2) is 0 Å². The van der Waals surface area contributed by atoms with Gasteiger partial charge in [0.2, 0.25) is 5.91 Å². The van der Waals surface area contributed by atoms with E-state index in [2.05, 4.69) is 11.8 Å². The van der Waals surface area contributed by atoms with Gasteiger partial charge in [0, 0.05) is 36.1 Å². The molecule has 2 saturated heterocycles. The van der Waals surface area contributed by atoms with Crippen molar-refractivity contribution in [3.63, 3.8) is 0 Å². The summed E-state index contributed by atoms with van der Waals surface area (Å²) in [7, 11) is 0. The molecule has 0 aromatic carbocycles. The van der Waals surface area contributed by atoms with E-state index in [1.54, 1.807) is 17.4 Å². The maximum absolute atomic E-state index is 12.2. The molecule has 1 unspecified atom stereocenters. The van der Waals surface area contributed by atoms with E-state index in [1.165, 1.54) is 25.8 Å². The van der Waals surface area contributed by atoms with E-state index >= 15 is 0 Å². The Hall–Kier alpha value is -1.17. The molecule has 3 rings (SSSR count). The first-order valence-electron chi connectivity index (χ1n) is 8.08. The lowest BCUT2D eigenvalue weighted by atomic mass is 9.97. The summed E-state index contributed by atoms with van der Waals surface area (Å²) in [5.41, 5.74) is 0.903. The molecule has 2 aliphatic heterocycles. The fraction of sp³-hybridized carbons (Fsp3) is 0.588. The summed E-state index contributed by atoms with van der Waals surface area (Å²) in [6.45, 7) is 5.27. The predicted octanol–water partition coefficient (Wildman–Crippen LogP) is 2.34. The molecule has 0 spiro atoms. The number of rotatable bonds is 4. The summed E-state index contributed by atoms with van der Waals surface area (Å²) in [5, 5.41) is 11.0. The number of aliphatic hydroxyl groups is 1. The van der Waals surface area contributed by atoms with Crippen molar-refractivity contribution in [1.29, 1.82) is 0 Å². The lowest BCUT2D eigenvalue weighted by Crippen LogP contribution is -2.63. The van der Waals surface area contributed by atoms with Crippen LogP contribution in [0.5, 0.6) is 0 Å². The van der Waals surface area contributed by atoms with Gasteiger partial charge in [0.05, 0.1) is 6.61 Å². The van der Waals surface area contributed by atoms with Crippen LogP contribution in [0, 0.1) is 0 Å². The van der Waals surface area contributed by atoms with Gasteiger partial charge in [-0.15, -0.1) is 11.3 Å². The Bertz CT molecular complexity index is 549. The van der Waals surface area contributed by atoms with Gasteiger partial charge in [-0.3, -0.25) is 9.69 Å². The molecule has 1 amide bonds. The van der Waals surface area contributed by atoms with Crippen molar-refractivity contribution >= 4 is 23.3 Å². The summed E-state index contributed by atoms with van der Waals surface area (Å²) in [6.07, 6.45) is 7.43. The maximum atomic E-state index is 12.2. The highest BCUT2D eigenvalue weighted by Gasteiger charge is 2.36. The minimum Gasteiger partial charge on any atom is -0.392 e. The van der Waals surface area contributed by atoms with Gasteiger partial charge in [-0.1, -0.05) is 6.42 Å². The van der Waals surface area contributed by atoms with Gasteiger partial charge < -0.3 is 10.0 Å². The average Bonchev–Trinajstić information content (AvgIpc) is 2.93. The molecule has 2 aliphatic rings. The van der Waals surface area contributed by atoms with Crippen molar-refractivity contribution in [2.75, 3.05) is 19.6 Å². The minimum absolute atomic E-state index is 0.0557. The van der Waals surface area contributed by atoms with E-state index in [4.69, 9.17) is 5.11 Å². The van der Waals surface area contributed by atoms with E-state index in [0.717, 1.165) is 23.5 Å². The Morgan fingerprint density at radius 2 is 2.27 bits per heavy atom. The van der Waals surface area contributed by atoms with Crippen LogP contribution in [0.4, 0.5) is 0 Å². The number of nitrogens with zero attached hydrogens (tertiary/aromatic N) is 2. The summed E-state index contributed by atoms with van der Waals surface area (Å²) < 4.78 is 0. The number of hydrogen-bond acceptors (Lipinski definition) is 4. The Morgan fingerprint density at radius 3 is 2.95 bits per heavy atom. The number of carbonyl (C=O) groups is 1. The van der Waals surface area contributed by atoms with E-state index in [9.17, 15) is 4.79 Å². The highest BCUT2D eigenvalue weighted by Crippen LogP contribution is 2.24. The number of likely N-dealkylation sites (tertiary alicyclic amines) is 2. The topological polar surface area (TPSA) is 43.8 Å². The summed E-state index contributed by atoms with van der Waals surface area (Å²) in [5.74, 6) is 0.0971. The van der Waals surface area contributed by atoms with E-state index in [1.807, 2.05) is 22.4 Å². The molecule has 120 valence electrons. The number of carbonyl (C=O) groups excluding carboxylic acids is 1. The Morgan fingerprint density at radius 1 is 1.45 bits per heavy atom. The number of hydrogen-bond donors (Lipinski definition) is 1. The molecule has 1 aromatic heterocycles. The third-order valence-corrected chi connectivity index (χ3v) is 5.69. The smallest absolute Gasteiger partial charge is 0.246 e. The molecule has 2 fully saturated rings. The van der Waals surface area contributed by atoms with Gasteiger partial charge in [-0.05, 0) is 49.4 Å². The third kappa shape index (κ3) is 3.42. The highest BCUT2D eigenvalue weighted by molar-refractivity contribution is 7.11. The number of aliphatic hydroxyl groups excluding tert-OH is 1. The van der Waals surface area contributed by atoms with Gasteiger partial charge >= 0.3 is 0 Å². The molecule has 0 radical (unpaired) electrons. The summed E-state index contributed by atoms with van der Waals surface area (Å²) >= 11 is 1.55. The molecule has 5 heteroatoms. The van der Waals surface area contributed by atoms with Gasteiger partial charge in [0.1, 0.15) is 0 Å². The zero-order chi connectivity index (χ0) is 15.5. The fourth-order valence-electron chi connectivity index (χ4n) is 3.33. The second-order valence-electron chi connectivity index (χ2n) is 6.33. The molecule has 0 bridgehead atoms. The Labute approximate surface area is 136 Å². The SMILES string of the molecule is CC1CCCCN1C1CN(C(=O)C=Cc2cc(CO)cs2)C1. The standard InChI is InChI=1S/C17H24N2O2S/c1-13-4-2-3-7-19(13)15-9-18(10-15)17(21)6-5-16-8-14(11-20)12-22-16/h5-6,8,12-13,15,20H,2-4,7,9-11H2,1H3.